The topological polar surface area (TPSA) is 38.1 Å². The van der Waals surface area contributed by atoms with E-state index in [9.17, 15) is 9.18 Å². The average Bonchev–Trinajstić information content (AvgIpc) is 3.45. The highest BCUT2D eigenvalue weighted by Crippen LogP contribution is 2.50. The number of hydrogen-bond acceptors (Lipinski definition) is 3. The molecule has 0 bridgehead atoms. The molecule has 0 spiro atoms. The summed E-state index contributed by atoms with van der Waals surface area (Å²) in [6.07, 6.45) is 3.69. The van der Waals surface area contributed by atoms with Crippen molar-refractivity contribution in [2.24, 2.45) is 5.92 Å². The number of fused-ring (bicyclic) bond motifs is 2. The van der Waals surface area contributed by atoms with Crippen molar-refractivity contribution in [3.05, 3.63) is 82.9 Å². The van der Waals surface area contributed by atoms with E-state index in [1.165, 1.54) is 0 Å². The lowest BCUT2D eigenvalue weighted by Crippen LogP contribution is -2.25. The number of aromatic nitrogens is 2. The molecule has 31 heavy (non-hydrogen) atoms. The first-order valence-electron chi connectivity index (χ1n) is 11.0. The number of benzene rings is 2. The first kappa shape index (κ1) is 18.6. The SMILES string of the molecule is O=c1c2c(N3CCC(CF)C3)cccc2ccn1[C@@H]1C[C@H]1c1ccc2ccccc2n1. The summed E-state index contributed by atoms with van der Waals surface area (Å²) < 4.78 is 15.0. The quantitative estimate of drug-likeness (QED) is 0.469. The van der Waals surface area contributed by atoms with Gasteiger partial charge in [0.1, 0.15) is 0 Å². The second-order valence-electron chi connectivity index (χ2n) is 8.86. The zero-order valence-corrected chi connectivity index (χ0v) is 17.2. The van der Waals surface area contributed by atoms with Gasteiger partial charge in [-0.2, -0.15) is 0 Å². The number of nitrogens with zero attached hydrogens (tertiary/aromatic N) is 3. The van der Waals surface area contributed by atoms with Gasteiger partial charge in [0.05, 0.1) is 23.3 Å². The molecule has 2 aromatic heterocycles. The summed E-state index contributed by atoms with van der Waals surface area (Å²) in [4.78, 5) is 20.6. The molecule has 0 radical (unpaired) electrons. The predicted octanol–water partition coefficient (Wildman–Crippen LogP) is 5.07. The maximum atomic E-state index is 13.6. The van der Waals surface area contributed by atoms with Crippen molar-refractivity contribution in [2.75, 3.05) is 24.7 Å². The Kier molecular flexibility index (Phi) is 4.30. The van der Waals surface area contributed by atoms with E-state index < -0.39 is 0 Å². The number of anilines is 1. The molecule has 3 heterocycles. The minimum absolute atomic E-state index is 0.0464. The zero-order valence-electron chi connectivity index (χ0n) is 17.2. The highest BCUT2D eigenvalue weighted by molar-refractivity contribution is 5.93. The van der Waals surface area contributed by atoms with Gasteiger partial charge < -0.3 is 9.47 Å². The number of hydrogen-bond donors (Lipinski definition) is 0. The zero-order chi connectivity index (χ0) is 20.9. The highest BCUT2D eigenvalue weighted by atomic mass is 19.1. The van der Waals surface area contributed by atoms with Gasteiger partial charge >= 0.3 is 0 Å². The largest absolute Gasteiger partial charge is 0.370 e. The van der Waals surface area contributed by atoms with Crippen LogP contribution in [0.15, 0.2) is 71.7 Å². The van der Waals surface area contributed by atoms with Crippen LogP contribution in [0.1, 0.15) is 30.5 Å². The molecule has 3 atom stereocenters. The standard InChI is InChI=1S/C26H24FN3O/c27-15-17-10-12-29(16-17)23-7-3-5-19-11-13-30(26(31)25(19)23)24-14-20(24)22-9-8-18-4-1-2-6-21(18)28-22/h1-9,11,13,17,20,24H,10,12,14-16H2/t17?,20-,24+/m0/s1. The lowest BCUT2D eigenvalue weighted by molar-refractivity contribution is 0.385. The lowest BCUT2D eigenvalue weighted by atomic mass is 10.1. The van der Waals surface area contributed by atoms with E-state index in [0.717, 1.165) is 52.4 Å². The molecule has 5 heteroatoms. The summed E-state index contributed by atoms with van der Waals surface area (Å²) in [6.45, 7) is 1.18. The summed E-state index contributed by atoms with van der Waals surface area (Å²) >= 11 is 0. The van der Waals surface area contributed by atoms with Gasteiger partial charge in [-0.3, -0.25) is 14.2 Å². The molecule has 1 saturated heterocycles. The van der Waals surface area contributed by atoms with Crippen LogP contribution < -0.4 is 10.5 Å². The third-order valence-electron chi connectivity index (χ3n) is 6.90. The van der Waals surface area contributed by atoms with Gasteiger partial charge in [-0.1, -0.05) is 36.4 Å². The molecular formula is C26H24FN3O. The van der Waals surface area contributed by atoms with Crippen LogP contribution >= 0.6 is 0 Å². The molecule has 0 N–H and O–H groups in total. The molecule has 1 aliphatic heterocycles. The van der Waals surface area contributed by atoms with Gasteiger partial charge in [0.15, 0.2) is 0 Å². The minimum atomic E-state index is -0.298. The third kappa shape index (κ3) is 3.11. The van der Waals surface area contributed by atoms with Crippen LogP contribution in [0.25, 0.3) is 21.7 Å². The highest BCUT2D eigenvalue weighted by Gasteiger charge is 2.42. The van der Waals surface area contributed by atoms with Crippen molar-refractivity contribution >= 4 is 27.4 Å². The van der Waals surface area contributed by atoms with Gasteiger partial charge in [0.25, 0.3) is 5.56 Å². The molecular weight excluding hydrogens is 389 g/mol. The molecule has 156 valence electrons. The van der Waals surface area contributed by atoms with Crippen LogP contribution in [-0.4, -0.2) is 29.3 Å². The molecule has 1 aliphatic carbocycles. The Labute approximate surface area is 179 Å². The second-order valence-corrected chi connectivity index (χ2v) is 8.86. The van der Waals surface area contributed by atoms with E-state index in [0.29, 0.717) is 6.54 Å². The van der Waals surface area contributed by atoms with Crippen LogP contribution in [0.2, 0.25) is 0 Å². The summed E-state index contributed by atoms with van der Waals surface area (Å²) in [5.74, 6) is 0.322. The smallest absolute Gasteiger partial charge is 0.260 e. The number of para-hydroxylation sites is 1. The average molecular weight is 413 g/mol. The first-order chi connectivity index (χ1) is 15.2. The molecule has 2 aromatic carbocycles. The number of alkyl halides is 1. The molecule has 0 amide bonds. The summed E-state index contributed by atoms with van der Waals surface area (Å²) in [5, 5.41) is 2.83. The third-order valence-corrected chi connectivity index (χ3v) is 6.90. The van der Waals surface area contributed by atoms with Gasteiger partial charge in [0, 0.05) is 48.2 Å². The molecule has 2 aliphatic rings. The maximum absolute atomic E-state index is 13.6. The van der Waals surface area contributed by atoms with Crippen LogP contribution in [0.5, 0.6) is 0 Å². The monoisotopic (exact) mass is 413 g/mol. The van der Waals surface area contributed by atoms with E-state index in [1.54, 1.807) is 0 Å². The van der Waals surface area contributed by atoms with E-state index in [2.05, 4.69) is 23.1 Å². The minimum Gasteiger partial charge on any atom is -0.370 e. The number of rotatable bonds is 4. The van der Waals surface area contributed by atoms with Crippen LogP contribution in [-0.2, 0) is 0 Å². The van der Waals surface area contributed by atoms with E-state index in [-0.39, 0.29) is 30.1 Å². The first-order valence-corrected chi connectivity index (χ1v) is 11.0. The van der Waals surface area contributed by atoms with Crippen molar-refractivity contribution < 1.29 is 4.39 Å². The molecule has 2 fully saturated rings. The Hall–Kier alpha value is -3.21. The summed E-state index contributed by atoms with van der Waals surface area (Å²) in [5.41, 5.74) is 3.03. The Morgan fingerprint density at radius 1 is 1.00 bits per heavy atom. The van der Waals surface area contributed by atoms with Crippen molar-refractivity contribution in [3.8, 4) is 0 Å². The Morgan fingerprint density at radius 2 is 1.87 bits per heavy atom. The van der Waals surface area contributed by atoms with Crippen molar-refractivity contribution in [1.29, 1.82) is 0 Å². The van der Waals surface area contributed by atoms with Crippen molar-refractivity contribution in [1.82, 2.24) is 9.55 Å². The molecule has 6 rings (SSSR count). The fourth-order valence-electron chi connectivity index (χ4n) is 5.08. The Morgan fingerprint density at radius 3 is 2.74 bits per heavy atom. The fraction of sp³-hybridized carbons (Fsp3) is 0.308. The molecule has 4 nitrogen and oxygen atoms in total. The second kappa shape index (κ2) is 7.19. The van der Waals surface area contributed by atoms with E-state index in [1.807, 2.05) is 53.2 Å². The number of pyridine rings is 2. The molecule has 1 saturated carbocycles. The van der Waals surface area contributed by atoms with Gasteiger partial charge in [0.2, 0.25) is 0 Å². The number of halogens is 1. The van der Waals surface area contributed by atoms with Crippen molar-refractivity contribution in [3.63, 3.8) is 0 Å². The van der Waals surface area contributed by atoms with Crippen molar-refractivity contribution in [2.45, 2.75) is 24.8 Å². The van der Waals surface area contributed by atoms with Crippen LogP contribution in [0.3, 0.4) is 0 Å². The predicted molar refractivity (Wildman–Crippen MR) is 123 cm³/mol. The van der Waals surface area contributed by atoms with Crippen LogP contribution in [0.4, 0.5) is 10.1 Å². The van der Waals surface area contributed by atoms with Crippen LogP contribution in [0, 0.1) is 5.92 Å². The summed E-state index contributed by atoms with van der Waals surface area (Å²) in [7, 11) is 0. The molecule has 4 aromatic rings. The Balaban J connectivity index is 1.37. The van der Waals surface area contributed by atoms with E-state index >= 15 is 0 Å². The lowest BCUT2D eigenvalue weighted by Gasteiger charge is -2.20. The fourth-order valence-corrected chi connectivity index (χ4v) is 5.08. The maximum Gasteiger partial charge on any atom is 0.260 e. The summed E-state index contributed by atoms with van der Waals surface area (Å²) in [6, 6.07) is 20.5. The van der Waals surface area contributed by atoms with Gasteiger partial charge in [-0.25, -0.2) is 0 Å². The van der Waals surface area contributed by atoms with E-state index in [4.69, 9.17) is 4.98 Å². The normalized spacial score (nSPS) is 23.0. The van der Waals surface area contributed by atoms with Gasteiger partial charge in [-0.15, -0.1) is 0 Å². The van der Waals surface area contributed by atoms with Gasteiger partial charge in [-0.05, 0) is 42.5 Å². The Bertz CT molecular complexity index is 1350. The molecule has 1 unspecified atom stereocenters.